The van der Waals surface area contributed by atoms with Gasteiger partial charge in [0.25, 0.3) is 0 Å². The van der Waals surface area contributed by atoms with Gasteiger partial charge in [0.1, 0.15) is 11.9 Å². The van der Waals surface area contributed by atoms with Crippen molar-refractivity contribution in [2.45, 2.75) is 25.4 Å². The maximum Gasteiger partial charge on any atom is 0.416 e. The molecule has 0 radical (unpaired) electrons. The summed E-state index contributed by atoms with van der Waals surface area (Å²) in [7, 11) is 0. The van der Waals surface area contributed by atoms with Crippen molar-refractivity contribution < 1.29 is 36.6 Å². The van der Waals surface area contributed by atoms with Crippen molar-refractivity contribution >= 4 is 5.97 Å². The highest BCUT2D eigenvalue weighted by atomic mass is 19.4. The van der Waals surface area contributed by atoms with Gasteiger partial charge in [-0.1, -0.05) is 0 Å². The lowest BCUT2D eigenvalue weighted by Crippen LogP contribution is -2.26. The van der Waals surface area contributed by atoms with E-state index in [1.54, 1.807) is 0 Å². The topological polar surface area (TPSA) is 46.5 Å². The zero-order chi connectivity index (χ0) is 15.5. The Morgan fingerprint density at radius 2 is 1.95 bits per heavy atom. The predicted molar refractivity (Wildman–Crippen MR) is 57.9 cm³/mol. The van der Waals surface area contributed by atoms with Gasteiger partial charge in [-0.2, -0.15) is 13.2 Å². The van der Waals surface area contributed by atoms with E-state index in [1.807, 2.05) is 0 Å². The first kappa shape index (κ1) is 16.4. The molecule has 112 valence electrons. The molecule has 1 rings (SSSR count). The van der Waals surface area contributed by atoms with Crippen LogP contribution in [-0.4, -0.2) is 23.9 Å². The Labute approximate surface area is 111 Å². The van der Waals surface area contributed by atoms with Crippen LogP contribution < -0.4 is 0 Å². The molecule has 0 bridgehead atoms. The number of alkyl halides is 4. The average Bonchev–Trinajstić information content (AvgIpc) is 2.35. The highest BCUT2D eigenvalue weighted by molar-refractivity contribution is 5.75. The van der Waals surface area contributed by atoms with Crippen LogP contribution in [0.25, 0.3) is 0 Å². The summed E-state index contributed by atoms with van der Waals surface area (Å²) in [4.78, 5) is 11.1. The van der Waals surface area contributed by atoms with Gasteiger partial charge in [0.05, 0.1) is 12.2 Å². The van der Waals surface area contributed by atoms with E-state index in [1.165, 1.54) is 6.92 Å². The Hall–Kier alpha value is -1.70. The van der Waals surface area contributed by atoms with Gasteiger partial charge in [-0.3, -0.25) is 0 Å². The quantitative estimate of drug-likeness (QED) is 0.687. The van der Waals surface area contributed by atoms with Gasteiger partial charge in [-0.25, -0.2) is 13.6 Å². The molecule has 0 spiro atoms. The zero-order valence-electron chi connectivity index (χ0n) is 10.2. The number of aliphatic hydroxyl groups is 1. The molecule has 0 amide bonds. The molecule has 0 aromatic heterocycles. The second kappa shape index (κ2) is 6.17. The summed E-state index contributed by atoms with van der Waals surface area (Å²) in [5.74, 6) is -2.73. The van der Waals surface area contributed by atoms with Crippen LogP contribution in [0.3, 0.4) is 0 Å². The lowest BCUT2D eigenvalue weighted by Gasteiger charge is -2.16. The second-order valence-corrected chi connectivity index (χ2v) is 3.87. The summed E-state index contributed by atoms with van der Waals surface area (Å²) in [5.41, 5.74) is -2.08. The van der Waals surface area contributed by atoms with Gasteiger partial charge in [0.15, 0.2) is 0 Å². The molecule has 3 nitrogen and oxygen atoms in total. The van der Waals surface area contributed by atoms with Gasteiger partial charge in [-0.15, -0.1) is 0 Å². The predicted octanol–water partition coefficient (Wildman–Crippen LogP) is 2.78. The van der Waals surface area contributed by atoms with E-state index in [-0.39, 0.29) is 12.7 Å². The van der Waals surface area contributed by atoms with Crippen LogP contribution in [0.15, 0.2) is 18.2 Å². The minimum atomic E-state index is -4.85. The summed E-state index contributed by atoms with van der Waals surface area (Å²) in [6.07, 6.45) is -9.70. The number of ether oxygens (including phenoxy) is 1. The van der Waals surface area contributed by atoms with E-state index in [9.17, 15) is 31.9 Å². The van der Waals surface area contributed by atoms with Gasteiger partial charge in [-0.05, 0) is 30.7 Å². The monoisotopic (exact) mass is 298 g/mol. The van der Waals surface area contributed by atoms with Crippen molar-refractivity contribution in [1.82, 2.24) is 0 Å². The maximum absolute atomic E-state index is 13.5. The normalized spacial score (nSPS) is 14.8. The molecule has 1 aromatic carbocycles. The lowest BCUT2D eigenvalue weighted by atomic mass is 10.0. The molecule has 8 heteroatoms. The minimum Gasteiger partial charge on any atom is -0.464 e. The number of halogens is 5. The third-order valence-electron chi connectivity index (χ3n) is 2.38. The van der Waals surface area contributed by atoms with Gasteiger partial charge in [0.2, 0.25) is 6.17 Å². The third-order valence-corrected chi connectivity index (χ3v) is 2.38. The molecule has 2 unspecified atom stereocenters. The Morgan fingerprint density at radius 1 is 1.35 bits per heavy atom. The van der Waals surface area contributed by atoms with E-state index < -0.39 is 41.4 Å². The van der Waals surface area contributed by atoms with Gasteiger partial charge >= 0.3 is 12.1 Å². The number of carbonyl (C=O) groups excluding carboxylic acids is 1. The summed E-state index contributed by atoms with van der Waals surface area (Å²) < 4.78 is 68.2. The SMILES string of the molecule is CCOC(=O)C(F)C(O)c1cc(F)cc(C(F)(F)F)c1. The fourth-order valence-corrected chi connectivity index (χ4v) is 1.47. The van der Waals surface area contributed by atoms with Crippen molar-refractivity contribution in [3.05, 3.63) is 35.1 Å². The largest absolute Gasteiger partial charge is 0.464 e. The first-order chi connectivity index (χ1) is 9.16. The van der Waals surface area contributed by atoms with Crippen LogP contribution in [0, 0.1) is 5.82 Å². The summed E-state index contributed by atoms with van der Waals surface area (Å²) >= 11 is 0. The number of benzene rings is 1. The molecule has 1 aromatic rings. The van der Waals surface area contributed by atoms with Crippen molar-refractivity contribution in [1.29, 1.82) is 0 Å². The van der Waals surface area contributed by atoms with Crippen molar-refractivity contribution in [2.75, 3.05) is 6.61 Å². The fourth-order valence-electron chi connectivity index (χ4n) is 1.47. The molecule has 1 N–H and O–H groups in total. The molecule has 0 saturated heterocycles. The first-order valence-electron chi connectivity index (χ1n) is 5.53. The molecule has 0 aliphatic heterocycles. The molecule has 20 heavy (non-hydrogen) atoms. The van der Waals surface area contributed by atoms with Crippen LogP contribution in [0.4, 0.5) is 22.0 Å². The summed E-state index contributed by atoms with van der Waals surface area (Å²) in [6.45, 7) is 1.23. The van der Waals surface area contributed by atoms with Crippen molar-refractivity contribution in [3.8, 4) is 0 Å². The first-order valence-corrected chi connectivity index (χ1v) is 5.53. The average molecular weight is 298 g/mol. The van der Waals surface area contributed by atoms with Gasteiger partial charge in [0, 0.05) is 0 Å². The van der Waals surface area contributed by atoms with Crippen LogP contribution in [0.5, 0.6) is 0 Å². The second-order valence-electron chi connectivity index (χ2n) is 3.87. The number of carbonyl (C=O) groups is 1. The smallest absolute Gasteiger partial charge is 0.416 e. The van der Waals surface area contributed by atoms with Crippen LogP contribution in [0.2, 0.25) is 0 Å². The van der Waals surface area contributed by atoms with E-state index in [2.05, 4.69) is 4.74 Å². The number of hydrogen-bond acceptors (Lipinski definition) is 3. The van der Waals surface area contributed by atoms with E-state index >= 15 is 0 Å². The molecular formula is C12H11F5O3. The van der Waals surface area contributed by atoms with E-state index in [0.29, 0.717) is 12.1 Å². The molecular weight excluding hydrogens is 287 g/mol. The molecule has 0 aliphatic carbocycles. The van der Waals surface area contributed by atoms with Crippen LogP contribution in [-0.2, 0) is 15.7 Å². The highest BCUT2D eigenvalue weighted by Crippen LogP contribution is 2.32. The molecule has 2 atom stereocenters. The molecule has 0 heterocycles. The molecule has 0 fully saturated rings. The van der Waals surface area contributed by atoms with Crippen molar-refractivity contribution in [2.24, 2.45) is 0 Å². The lowest BCUT2D eigenvalue weighted by molar-refractivity contribution is -0.153. The number of hydrogen-bond donors (Lipinski definition) is 1. The Kier molecular flexibility index (Phi) is 5.04. The van der Waals surface area contributed by atoms with E-state index in [0.717, 1.165) is 0 Å². The zero-order valence-corrected chi connectivity index (χ0v) is 10.2. The number of aliphatic hydroxyl groups excluding tert-OH is 1. The summed E-state index contributed by atoms with van der Waals surface area (Å²) in [6, 6.07) is 1.10. The van der Waals surface area contributed by atoms with Gasteiger partial charge < -0.3 is 9.84 Å². The van der Waals surface area contributed by atoms with Crippen LogP contribution >= 0.6 is 0 Å². The fraction of sp³-hybridized carbons (Fsp3) is 0.417. The molecule has 0 saturated carbocycles. The molecule has 0 aliphatic rings. The van der Waals surface area contributed by atoms with Crippen molar-refractivity contribution in [3.63, 3.8) is 0 Å². The highest BCUT2D eigenvalue weighted by Gasteiger charge is 2.34. The number of esters is 1. The third kappa shape index (κ3) is 3.89. The van der Waals surface area contributed by atoms with E-state index in [4.69, 9.17) is 0 Å². The summed E-state index contributed by atoms with van der Waals surface area (Å²) in [5, 5.41) is 9.49. The Morgan fingerprint density at radius 3 is 2.45 bits per heavy atom. The van der Waals surface area contributed by atoms with Crippen LogP contribution in [0.1, 0.15) is 24.2 Å². The number of rotatable bonds is 4. The maximum atomic E-state index is 13.5. The Bertz CT molecular complexity index is 486. The Balaban J connectivity index is 3.07. The standard InChI is InChI=1S/C12H11F5O3/c1-2-20-11(19)9(14)10(18)6-3-7(12(15,16)17)5-8(13)4-6/h3-5,9-10,18H,2H2,1H3. The minimum absolute atomic E-state index is 0.164.